The summed E-state index contributed by atoms with van der Waals surface area (Å²) < 4.78 is 0. The van der Waals surface area contributed by atoms with Crippen molar-refractivity contribution in [3.05, 3.63) is 65.7 Å². The first-order chi connectivity index (χ1) is 11.3. The van der Waals surface area contributed by atoms with Crippen molar-refractivity contribution in [1.82, 2.24) is 5.32 Å². The fraction of sp³-hybridized carbons (Fsp3) is 0.429. The fourth-order valence-electron chi connectivity index (χ4n) is 3.02. The lowest BCUT2D eigenvalue weighted by molar-refractivity contribution is 0.493. The first-order valence-electron chi connectivity index (χ1n) is 8.90. The van der Waals surface area contributed by atoms with Gasteiger partial charge in [0.2, 0.25) is 0 Å². The third kappa shape index (κ3) is 5.11. The van der Waals surface area contributed by atoms with E-state index in [9.17, 15) is 0 Å². The molecule has 0 saturated heterocycles. The Bertz CT molecular complexity index is 544. The van der Waals surface area contributed by atoms with Gasteiger partial charge in [-0.2, -0.15) is 0 Å². The minimum absolute atomic E-state index is 0.434. The van der Waals surface area contributed by atoms with Crippen LogP contribution in [0.4, 0.5) is 5.69 Å². The Hall–Kier alpha value is -1.80. The average Bonchev–Trinajstić information content (AvgIpc) is 2.61. The Kier molecular flexibility index (Phi) is 7.15. The molecule has 0 aliphatic carbocycles. The lowest BCUT2D eigenvalue weighted by Gasteiger charge is -2.22. The number of hydrogen-bond acceptors (Lipinski definition) is 2. The molecule has 0 fully saturated rings. The molecule has 1 N–H and O–H groups in total. The molecule has 23 heavy (non-hydrogen) atoms. The largest absolute Gasteiger partial charge is 0.372 e. The van der Waals surface area contributed by atoms with E-state index in [2.05, 4.69) is 85.6 Å². The highest BCUT2D eigenvalue weighted by molar-refractivity contribution is 5.47. The van der Waals surface area contributed by atoms with Crippen LogP contribution in [0.5, 0.6) is 0 Å². The Balaban J connectivity index is 1.98. The third-order valence-electron chi connectivity index (χ3n) is 4.40. The smallest absolute Gasteiger partial charge is 0.0366 e. The van der Waals surface area contributed by atoms with Gasteiger partial charge in [-0.1, -0.05) is 55.8 Å². The van der Waals surface area contributed by atoms with Crippen LogP contribution in [0.1, 0.15) is 50.8 Å². The van der Waals surface area contributed by atoms with Gasteiger partial charge in [0.25, 0.3) is 0 Å². The van der Waals surface area contributed by atoms with E-state index in [1.54, 1.807) is 0 Å². The van der Waals surface area contributed by atoms with Gasteiger partial charge in [0.05, 0.1) is 0 Å². The summed E-state index contributed by atoms with van der Waals surface area (Å²) in [7, 11) is 0. The van der Waals surface area contributed by atoms with E-state index in [1.807, 2.05) is 0 Å². The van der Waals surface area contributed by atoms with Crippen molar-refractivity contribution < 1.29 is 0 Å². The maximum atomic E-state index is 3.72. The zero-order valence-corrected chi connectivity index (χ0v) is 14.8. The van der Waals surface area contributed by atoms with Crippen molar-refractivity contribution in [2.24, 2.45) is 0 Å². The molecule has 1 atom stereocenters. The van der Waals surface area contributed by atoms with Gasteiger partial charge < -0.3 is 10.2 Å². The van der Waals surface area contributed by atoms with E-state index >= 15 is 0 Å². The Morgan fingerprint density at radius 1 is 0.870 bits per heavy atom. The van der Waals surface area contributed by atoms with Gasteiger partial charge in [-0.05, 0) is 43.5 Å². The van der Waals surface area contributed by atoms with Crippen molar-refractivity contribution in [1.29, 1.82) is 0 Å². The molecule has 2 nitrogen and oxygen atoms in total. The molecule has 0 aliphatic heterocycles. The van der Waals surface area contributed by atoms with Crippen molar-refractivity contribution in [2.75, 3.05) is 18.0 Å². The molecule has 0 aliphatic rings. The van der Waals surface area contributed by atoms with Crippen LogP contribution < -0.4 is 10.2 Å². The molecule has 0 amide bonds. The van der Waals surface area contributed by atoms with E-state index in [0.29, 0.717) is 6.04 Å². The number of hydrogen-bond donors (Lipinski definition) is 1. The van der Waals surface area contributed by atoms with E-state index in [-0.39, 0.29) is 0 Å². The van der Waals surface area contributed by atoms with Crippen LogP contribution in [0.2, 0.25) is 0 Å². The second kappa shape index (κ2) is 9.36. The van der Waals surface area contributed by atoms with Crippen molar-refractivity contribution in [2.45, 2.75) is 46.2 Å². The van der Waals surface area contributed by atoms with E-state index in [0.717, 1.165) is 19.6 Å². The summed E-state index contributed by atoms with van der Waals surface area (Å²) in [6.07, 6.45) is 2.36. The lowest BCUT2D eigenvalue weighted by atomic mass is 10.0. The second-order valence-corrected chi connectivity index (χ2v) is 5.97. The Morgan fingerprint density at radius 2 is 1.52 bits per heavy atom. The molecule has 0 aromatic heterocycles. The number of rotatable bonds is 9. The van der Waals surface area contributed by atoms with Crippen LogP contribution in [0.3, 0.4) is 0 Å². The fourth-order valence-corrected chi connectivity index (χ4v) is 3.02. The molecule has 1 unspecified atom stereocenters. The summed E-state index contributed by atoms with van der Waals surface area (Å²) in [4.78, 5) is 2.38. The quantitative estimate of drug-likeness (QED) is 0.688. The summed E-state index contributed by atoms with van der Waals surface area (Å²) in [6.45, 7) is 9.68. The van der Waals surface area contributed by atoms with Gasteiger partial charge in [0.1, 0.15) is 0 Å². The van der Waals surface area contributed by atoms with Crippen LogP contribution in [0, 0.1) is 0 Å². The van der Waals surface area contributed by atoms with Crippen LogP contribution in [-0.2, 0) is 6.54 Å². The van der Waals surface area contributed by atoms with Gasteiger partial charge >= 0.3 is 0 Å². The molecule has 0 bridgehead atoms. The Morgan fingerprint density at radius 3 is 2.09 bits per heavy atom. The standard InChI is InChI=1S/C21H30N2/c1-4-10-21(19-11-8-7-9-12-19)22-17-18-13-15-20(16-14-18)23(5-2)6-3/h7-9,11-16,21-22H,4-6,10,17H2,1-3H3. The SMILES string of the molecule is CCCC(NCc1ccc(N(CC)CC)cc1)c1ccccc1. The molecule has 124 valence electrons. The molecular formula is C21H30N2. The predicted molar refractivity (Wildman–Crippen MR) is 101 cm³/mol. The highest BCUT2D eigenvalue weighted by Crippen LogP contribution is 2.20. The minimum Gasteiger partial charge on any atom is -0.372 e. The summed E-state index contributed by atoms with van der Waals surface area (Å²) in [6, 6.07) is 20.2. The summed E-state index contributed by atoms with van der Waals surface area (Å²) >= 11 is 0. The normalized spacial score (nSPS) is 12.1. The van der Waals surface area contributed by atoms with Gasteiger partial charge in [-0.3, -0.25) is 0 Å². The van der Waals surface area contributed by atoms with Crippen molar-refractivity contribution in [3.63, 3.8) is 0 Å². The topological polar surface area (TPSA) is 15.3 Å². The van der Waals surface area contributed by atoms with Crippen LogP contribution in [0.25, 0.3) is 0 Å². The molecular weight excluding hydrogens is 280 g/mol. The van der Waals surface area contributed by atoms with Gasteiger partial charge in [0, 0.05) is 31.4 Å². The van der Waals surface area contributed by atoms with E-state index in [1.165, 1.54) is 29.7 Å². The Labute approximate surface area is 141 Å². The van der Waals surface area contributed by atoms with Gasteiger partial charge in [-0.15, -0.1) is 0 Å². The molecule has 0 spiro atoms. The molecule has 0 radical (unpaired) electrons. The van der Waals surface area contributed by atoms with Crippen LogP contribution >= 0.6 is 0 Å². The summed E-state index contributed by atoms with van der Waals surface area (Å²) in [5.74, 6) is 0. The number of anilines is 1. The zero-order chi connectivity index (χ0) is 16.5. The molecule has 2 aromatic rings. The first kappa shape index (κ1) is 17.6. The summed E-state index contributed by atoms with van der Waals surface area (Å²) in [5, 5.41) is 3.72. The van der Waals surface area contributed by atoms with Crippen LogP contribution in [-0.4, -0.2) is 13.1 Å². The average molecular weight is 310 g/mol. The van der Waals surface area contributed by atoms with Crippen molar-refractivity contribution in [3.8, 4) is 0 Å². The van der Waals surface area contributed by atoms with Gasteiger partial charge in [-0.25, -0.2) is 0 Å². The lowest BCUT2D eigenvalue weighted by Crippen LogP contribution is -2.22. The monoisotopic (exact) mass is 310 g/mol. The number of nitrogens with zero attached hydrogens (tertiary/aromatic N) is 1. The van der Waals surface area contributed by atoms with Crippen molar-refractivity contribution >= 4 is 5.69 Å². The number of nitrogens with one attached hydrogen (secondary N) is 1. The molecule has 2 heteroatoms. The molecule has 2 aromatic carbocycles. The second-order valence-electron chi connectivity index (χ2n) is 5.97. The predicted octanol–water partition coefficient (Wildman–Crippen LogP) is 5.16. The molecule has 0 saturated carbocycles. The number of benzene rings is 2. The molecule has 2 rings (SSSR count). The van der Waals surface area contributed by atoms with Gasteiger partial charge in [0.15, 0.2) is 0 Å². The van der Waals surface area contributed by atoms with E-state index < -0.39 is 0 Å². The van der Waals surface area contributed by atoms with Crippen LogP contribution in [0.15, 0.2) is 54.6 Å². The third-order valence-corrected chi connectivity index (χ3v) is 4.40. The highest BCUT2D eigenvalue weighted by atomic mass is 15.1. The summed E-state index contributed by atoms with van der Waals surface area (Å²) in [5.41, 5.74) is 4.04. The van der Waals surface area contributed by atoms with E-state index in [4.69, 9.17) is 0 Å². The maximum Gasteiger partial charge on any atom is 0.0366 e. The zero-order valence-electron chi connectivity index (χ0n) is 14.8. The highest BCUT2D eigenvalue weighted by Gasteiger charge is 2.09. The maximum absolute atomic E-state index is 3.72. The first-order valence-corrected chi connectivity index (χ1v) is 8.90. The molecule has 0 heterocycles. The minimum atomic E-state index is 0.434.